The van der Waals surface area contributed by atoms with Crippen LogP contribution in [0.25, 0.3) is 5.69 Å². The summed E-state index contributed by atoms with van der Waals surface area (Å²) in [7, 11) is 0. The van der Waals surface area contributed by atoms with E-state index in [9.17, 15) is 13.2 Å². The number of ether oxygens (including phenoxy) is 3. The standard InChI is InChI=1S/C23H22ClF3N4O3/c1-12-29-21(31(30-12)17-9-14(24)7-8-15(17)23(25,26)27)18-10-16(28)20-19(33-18)11-32-22(34-20)13-5-3-2-4-6-13/h2-9,16,18-20,22H,10-11,28H2,1H3. The van der Waals surface area contributed by atoms with Gasteiger partial charge in [0, 0.05) is 16.6 Å². The van der Waals surface area contributed by atoms with E-state index in [1.165, 1.54) is 12.1 Å². The predicted octanol–water partition coefficient (Wildman–Crippen LogP) is 4.52. The number of nitrogens with zero attached hydrogens (tertiary/aromatic N) is 3. The van der Waals surface area contributed by atoms with Crippen LogP contribution >= 0.6 is 11.6 Å². The second-order valence-electron chi connectivity index (χ2n) is 8.33. The molecule has 2 aliphatic heterocycles. The molecule has 0 amide bonds. The molecule has 5 unspecified atom stereocenters. The summed E-state index contributed by atoms with van der Waals surface area (Å²) < 4.78 is 60.4. The van der Waals surface area contributed by atoms with Gasteiger partial charge in [0.25, 0.3) is 0 Å². The maximum atomic E-state index is 13.7. The third-order valence-electron chi connectivity index (χ3n) is 5.90. The first-order valence-electron chi connectivity index (χ1n) is 10.7. The number of aryl methyl sites for hydroxylation is 1. The maximum Gasteiger partial charge on any atom is 0.418 e. The molecule has 2 aliphatic rings. The third-order valence-corrected chi connectivity index (χ3v) is 6.13. The number of fused-ring (bicyclic) bond motifs is 1. The van der Waals surface area contributed by atoms with Crippen LogP contribution in [-0.4, -0.2) is 39.6 Å². The number of hydrogen-bond donors (Lipinski definition) is 1. The zero-order chi connectivity index (χ0) is 24.0. The van der Waals surface area contributed by atoms with E-state index in [-0.39, 0.29) is 29.6 Å². The van der Waals surface area contributed by atoms with Crippen LogP contribution in [0.5, 0.6) is 0 Å². The Hall–Kier alpha value is -2.50. The topological polar surface area (TPSA) is 84.4 Å². The van der Waals surface area contributed by atoms with E-state index in [1.807, 2.05) is 30.3 Å². The van der Waals surface area contributed by atoms with Gasteiger partial charge in [-0.05, 0) is 31.5 Å². The van der Waals surface area contributed by atoms with E-state index in [2.05, 4.69) is 10.1 Å². The van der Waals surface area contributed by atoms with Crippen LogP contribution in [0.3, 0.4) is 0 Å². The van der Waals surface area contributed by atoms with Crippen molar-refractivity contribution in [2.75, 3.05) is 6.61 Å². The fourth-order valence-corrected chi connectivity index (χ4v) is 4.54. The first kappa shape index (κ1) is 23.3. The van der Waals surface area contributed by atoms with Gasteiger partial charge in [0.1, 0.15) is 24.1 Å². The molecular weight excluding hydrogens is 473 g/mol. The fraction of sp³-hybridized carbons (Fsp3) is 0.391. The molecular formula is C23H22ClF3N4O3. The Balaban J connectivity index is 1.43. The lowest BCUT2D eigenvalue weighted by Crippen LogP contribution is -2.56. The fourth-order valence-electron chi connectivity index (χ4n) is 4.38. The van der Waals surface area contributed by atoms with E-state index < -0.39 is 42.4 Å². The van der Waals surface area contributed by atoms with Gasteiger partial charge in [-0.25, -0.2) is 9.67 Å². The van der Waals surface area contributed by atoms with Crippen molar-refractivity contribution in [3.8, 4) is 5.69 Å². The highest BCUT2D eigenvalue weighted by atomic mass is 35.5. The van der Waals surface area contributed by atoms with E-state index in [4.69, 9.17) is 31.5 Å². The average molecular weight is 495 g/mol. The molecule has 180 valence electrons. The minimum atomic E-state index is -4.61. The van der Waals surface area contributed by atoms with E-state index in [0.29, 0.717) is 5.82 Å². The van der Waals surface area contributed by atoms with Crippen LogP contribution in [0.15, 0.2) is 48.5 Å². The van der Waals surface area contributed by atoms with E-state index >= 15 is 0 Å². The molecule has 11 heteroatoms. The average Bonchev–Trinajstić information content (AvgIpc) is 3.20. The zero-order valence-electron chi connectivity index (χ0n) is 18.1. The normalized spacial score (nSPS) is 27.4. The minimum Gasteiger partial charge on any atom is -0.362 e. The molecule has 0 radical (unpaired) electrons. The van der Waals surface area contributed by atoms with Gasteiger partial charge in [-0.1, -0.05) is 41.9 Å². The van der Waals surface area contributed by atoms with Gasteiger partial charge in [0.2, 0.25) is 0 Å². The number of halogens is 4. The van der Waals surface area contributed by atoms with Crippen molar-refractivity contribution >= 4 is 11.6 Å². The lowest BCUT2D eigenvalue weighted by molar-refractivity contribution is -0.294. The van der Waals surface area contributed by atoms with Crippen LogP contribution in [0.1, 0.15) is 41.6 Å². The van der Waals surface area contributed by atoms with Crippen molar-refractivity contribution in [1.29, 1.82) is 0 Å². The van der Waals surface area contributed by atoms with Crippen LogP contribution in [0.2, 0.25) is 5.02 Å². The summed E-state index contributed by atoms with van der Waals surface area (Å²) in [5.74, 6) is 0.507. The van der Waals surface area contributed by atoms with E-state index in [1.54, 1.807) is 6.92 Å². The molecule has 3 heterocycles. The summed E-state index contributed by atoms with van der Waals surface area (Å²) in [6.07, 6.45) is -6.56. The molecule has 2 saturated heterocycles. The zero-order valence-corrected chi connectivity index (χ0v) is 18.8. The van der Waals surface area contributed by atoms with Gasteiger partial charge < -0.3 is 19.9 Å². The molecule has 3 aromatic rings. The second kappa shape index (κ2) is 8.94. The van der Waals surface area contributed by atoms with Gasteiger partial charge >= 0.3 is 6.18 Å². The quantitative estimate of drug-likeness (QED) is 0.576. The van der Waals surface area contributed by atoms with Gasteiger partial charge in [-0.15, -0.1) is 0 Å². The number of rotatable bonds is 3. The number of hydrogen-bond acceptors (Lipinski definition) is 6. The number of nitrogens with two attached hydrogens (primary N) is 1. The Morgan fingerprint density at radius 3 is 2.62 bits per heavy atom. The molecule has 2 aromatic carbocycles. The van der Waals surface area contributed by atoms with Crippen molar-refractivity contribution in [3.05, 3.63) is 76.3 Å². The molecule has 0 aliphatic carbocycles. The summed E-state index contributed by atoms with van der Waals surface area (Å²) in [5.41, 5.74) is 6.22. The summed E-state index contributed by atoms with van der Waals surface area (Å²) in [4.78, 5) is 4.38. The Morgan fingerprint density at radius 2 is 1.88 bits per heavy atom. The van der Waals surface area contributed by atoms with Crippen molar-refractivity contribution < 1.29 is 27.4 Å². The number of aromatic nitrogens is 3. The highest BCUT2D eigenvalue weighted by Crippen LogP contribution is 2.40. The number of benzene rings is 2. The molecule has 5 atom stereocenters. The first-order chi connectivity index (χ1) is 16.2. The lowest BCUT2D eigenvalue weighted by atomic mass is 9.94. The van der Waals surface area contributed by atoms with Crippen LogP contribution in [0.4, 0.5) is 13.2 Å². The minimum absolute atomic E-state index is 0.143. The molecule has 0 saturated carbocycles. The molecule has 0 spiro atoms. The second-order valence-corrected chi connectivity index (χ2v) is 8.76. The number of alkyl halides is 3. The Kier molecular flexibility index (Phi) is 6.11. The van der Waals surface area contributed by atoms with Crippen molar-refractivity contribution in [2.45, 2.75) is 50.2 Å². The van der Waals surface area contributed by atoms with Gasteiger partial charge in [0.05, 0.1) is 17.9 Å². The summed E-state index contributed by atoms with van der Waals surface area (Å²) in [6, 6.07) is 12.4. The lowest BCUT2D eigenvalue weighted by Gasteiger charge is -2.44. The molecule has 2 N–H and O–H groups in total. The van der Waals surface area contributed by atoms with Crippen LogP contribution in [-0.2, 0) is 20.4 Å². The summed E-state index contributed by atoms with van der Waals surface area (Å²) in [6.45, 7) is 1.81. The molecule has 5 rings (SSSR count). The summed E-state index contributed by atoms with van der Waals surface area (Å²) in [5, 5.41) is 4.36. The largest absolute Gasteiger partial charge is 0.418 e. The van der Waals surface area contributed by atoms with Crippen molar-refractivity contribution in [3.63, 3.8) is 0 Å². The monoisotopic (exact) mass is 494 g/mol. The predicted molar refractivity (Wildman–Crippen MR) is 116 cm³/mol. The van der Waals surface area contributed by atoms with Gasteiger partial charge in [-0.3, -0.25) is 0 Å². The highest BCUT2D eigenvalue weighted by Gasteiger charge is 2.45. The van der Waals surface area contributed by atoms with Crippen molar-refractivity contribution in [2.24, 2.45) is 5.73 Å². The van der Waals surface area contributed by atoms with Crippen LogP contribution < -0.4 is 5.73 Å². The maximum absolute atomic E-state index is 13.7. The molecule has 34 heavy (non-hydrogen) atoms. The SMILES string of the molecule is Cc1nc(C2CC(N)C3OC(c4ccccc4)OCC3O2)n(-c2cc(Cl)ccc2C(F)(F)F)n1. The van der Waals surface area contributed by atoms with Gasteiger partial charge in [-0.2, -0.15) is 18.3 Å². The molecule has 0 bridgehead atoms. The highest BCUT2D eigenvalue weighted by molar-refractivity contribution is 6.30. The Morgan fingerprint density at radius 1 is 1.12 bits per heavy atom. The molecule has 1 aromatic heterocycles. The Labute approximate surface area is 198 Å². The smallest absolute Gasteiger partial charge is 0.362 e. The van der Waals surface area contributed by atoms with Crippen LogP contribution in [0, 0.1) is 6.92 Å². The third kappa shape index (κ3) is 4.44. The first-order valence-corrected chi connectivity index (χ1v) is 11.1. The van der Waals surface area contributed by atoms with E-state index in [0.717, 1.165) is 16.3 Å². The van der Waals surface area contributed by atoms with Gasteiger partial charge in [0.15, 0.2) is 12.1 Å². The van der Waals surface area contributed by atoms with Crippen molar-refractivity contribution in [1.82, 2.24) is 14.8 Å². The molecule has 7 nitrogen and oxygen atoms in total. The summed E-state index contributed by atoms with van der Waals surface area (Å²) >= 11 is 6.03. The molecule has 2 fully saturated rings. The Bertz CT molecular complexity index is 1170.